The Balaban J connectivity index is 1.35. The van der Waals surface area contributed by atoms with Gasteiger partial charge in [0.25, 0.3) is 5.91 Å². The summed E-state index contributed by atoms with van der Waals surface area (Å²) in [6, 6.07) is 17.1. The molecule has 0 aromatic heterocycles. The van der Waals surface area contributed by atoms with Crippen LogP contribution in [-0.4, -0.2) is 49.8 Å². The van der Waals surface area contributed by atoms with E-state index < -0.39 is 11.7 Å². The van der Waals surface area contributed by atoms with Gasteiger partial charge in [0.2, 0.25) is 0 Å². The quantitative estimate of drug-likeness (QED) is 0.296. The normalized spacial score (nSPS) is 13.2. The second kappa shape index (κ2) is 12.7. The largest absolute Gasteiger partial charge is 0.493 e. The fourth-order valence-electron chi connectivity index (χ4n) is 4.60. The minimum absolute atomic E-state index is 0.323. The second-order valence-corrected chi connectivity index (χ2v) is 11.6. The van der Waals surface area contributed by atoms with E-state index in [1.807, 2.05) is 24.3 Å². The van der Waals surface area contributed by atoms with E-state index in [0.29, 0.717) is 16.9 Å². The molecule has 4 rings (SSSR count). The first kappa shape index (κ1) is 29.4. The molecule has 1 aliphatic rings. The van der Waals surface area contributed by atoms with Gasteiger partial charge in [-0.25, -0.2) is 4.79 Å². The fourth-order valence-corrected chi connectivity index (χ4v) is 4.96. The van der Waals surface area contributed by atoms with Crippen molar-refractivity contribution < 1.29 is 23.8 Å². The molecule has 1 heterocycles. The Morgan fingerprint density at radius 1 is 0.925 bits per heavy atom. The highest BCUT2D eigenvalue weighted by atomic mass is 79.9. The third-order valence-electron chi connectivity index (χ3n) is 6.59. The molecule has 1 aliphatic heterocycles. The molecule has 0 bridgehead atoms. The van der Waals surface area contributed by atoms with Crippen LogP contribution in [0, 0.1) is 0 Å². The molecule has 0 saturated heterocycles. The predicted molar refractivity (Wildman–Crippen MR) is 161 cm³/mol. The van der Waals surface area contributed by atoms with Crippen molar-refractivity contribution in [3.05, 3.63) is 81.3 Å². The zero-order valence-electron chi connectivity index (χ0n) is 23.6. The highest BCUT2D eigenvalue weighted by Crippen LogP contribution is 2.33. The minimum atomic E-state index is -0.649. The Morgan fingerprint density at radius 3 is 2.25 bits per heavy atom. The van der Waals surface area contributed by atoms with Crippen molar-refractivity contribution in [1.82, 2.24) is 4.90 Å². The lowest BCUT2D eigenvalue weighted by Gasteiger charge is -2.29. The zero-order chi connectivity index (χ0) is 28.9. The fraction of sp³-hybridized carbons (Fsp3) is 0.355. The van der Waals surface area contributed by atoms with Crippen LogP contribution in [0.3, 0.4) is 0 Å². The maximum absolute atomic E-state index is 13.1. The molecule has 212 valence electrons. The molecule has 0 atom stereocenters. The van der Waals surface area contributed by atoms with E-state index in [9.17, 15) is 9.59 Å². The number of methoxy groups -OCH3 is 2. The molecule has 3 aromatic carbocycles. The van der Waals surface area contributed by atoms with Gasteiger partial charge in [-0.3, -0.25) is 15.0 Å². The molecular formula is C31H36BrN3O5. The number of rotatable bonds is 8. The van der Waals surface area contributed by atoms with Crippen LogP contribution in [0.15, 0.2) is 59.1 Å². The average Bonchev–Trinajstić information content (AvgIpc) is 2.91. The van der Waals surface area contributed by atoms with Crippen LogP contribution in [0.2, 0.25) is 0 Å². The number of hydrogen-bond donors (Lipinski definition) is 2. The van der Waals surface area contributed by atoms with Gasteiger partial charge in [-0.05, 0) is 92.8 Å². The van der Waals surface area contributed by atoms with Gasteiger partial charge >= 0.3 is 6.09 Å². The molecule has 0 aliphatic carbocycles. The SMILES string of the molecule is COc1cc2c(cc1OC)CN(CCc1ccc(NC(=O)c3cc(Br)ccc3NC(=O)OC(C)(C)C)cc1)CC2. The third-order valence-corrected chi connectivity index (χ3v) is 7.08. The topological polar surface area (TPSA) is 89.1 Å². The van der Waals surface area contributed by atoms with E-state index in [2.05, 4.69) is 43.6 Å². The molecule has 2 amide bonds. The van der Waals surface area contributed by atoms with Gasteiger partial charge in [0, 0.05) is 29.8 Å². The van der Waals surface area contributed by atoms with Gasteiger partial charge in [0.15, 0.2) is 11.5 Å². The zero-order valence-corrected chi connectivity index (χ0v) is 25.2. The monoisotopic (exact) mass is 609 g/mol. The molecule has 8 nitrogen and oxygen atoms in total. The molecule has 0 radical (unpaired) electrons. The molecule has 0 spiro atoms. The van der Waals surface area contributed by atoms with E-state index in [4.69, 9.17) is 14.2 Å². The lowest BCUT2D eigenvalue weighted by molar-refractivity contribution is 0.0636. The van der Waals surface area contributed by atoms with Crippen molar-refractivity contribution in [2.45, 2.75) is 45.8 Å². The van der Waals surface area contributed by atoms with Crippen LogP contribution < -0.4 is 20.1 Å². The van der Waals surface area contributed by atoms with Crippen LogP contribution >= 0.6 is 15.9 Å². The van der Waals surface area contributed by atoms with Crippen molar-refractivity contribution in [3.63, 3.8) is 0 Å². The first-order valence-corrected chi connectivity index (χ1v) is 14.0. The number of nitrogens with zero attached hydrogens (tertiary/aromatic N) is 1. The predicted octanol–water partition coefficient (Wildman–Crippen LogP) is 6.67. The molecule has 0 unspecified atom stereocenters. The van der Waals surface area contributed by atoms with E-state index in [-0.39, 0.29) is 5.91 Å². The molecule has 40 heavy (non-hydrogen) atoms. The van der Waals surface area contributed by atoms with Gasteiger partial charge in [-0.2, -0.15) is 0 Å². The van der Waals surface area contributed by atoms with Gasteiger partial charge in [-0.15, -0.1) is 0 Å². The van der Waals surface area contributed by atoms with Gasteiger partial charge in [-0.1, -0.05) is 28.1 Å². The Labute approximate surface area is 244 Å². The Bertz CT molecular complexity index is 1370. The summed E-state index contributed by atoms with van der Waals surface area (Å²) < 4.78 is 17.0. The minimum Gasteiger partial charge on any atom is -0.493 e. The van der Waals surface area contributed by atoms with E-state index in [1.54, 1.807) is 53.2 Å². The van der Waals surface area contributed by atoms with E-state index in [0.717, 1.165) is 48.4 Å². The summed E-state index contributed by atoms with van der Waals surface area (Å²) in [4.78, 5) is 27.8. The van der Waals surface area contributed by atoms with Crippen molar-refractivity contribution in [2.24, 2.45) is 0 Å². The molecule has 9 heteroatoms. The highest BCUT2D eigenvalue weighted by molar-refractivity contribution is 9.10. The van der Waals surface area contributed by atoms with Crippen LogP contribution in [0.25, 0.3) is 0 Å². The maximum atomic E-state index is 13.1. The summed E-state index contributed by atoms with van der Waals surface area (Å²) in [6.07, 6.45) is 1.25. The van der Waals surface area contributed by atoms with Crippen molar-refractivity contribution >= 4 is 39.3 Å². The Morgan fingerprint density at radius 2 is 1.60 bits per heavy atom. The lowest BCUT2D eigenvalue weighted by Crippen LogP contribution is -2.32. The van der Waals surface area contributed by atoms with Crippen LogP contribution in [0.4, 0.5) is 16.2 Å². The molecule has 3 aromatic rings. The summed E-state index contributed by atoms with van der Waals surface area (Å²) in [7, 11) is 3.33. The Hall–Kier alpha value is -3.56. The summed E-state index contributed by atoms with van der Waals surface area (Å²) in [5.74, 6) is 1.20. The maximum Gasteiger partial charge on any atom is 0.412 e. The number of carbonyl (C=O) groups excluding carboxylic acids is 2. The van der Waals surface area contributed by atoms with Gasteiger partial charge in [0.05, 0.1) is 25.5 Å². The lowest BCUT2D eigenvalue weighted by atomic mass is 9.98. The number of anilines is 2. The first-order valence-electron chi connectivity index (χ1n) is 13.2. The molecule has 2 N–H and O–H groups in total. The number of benzene rings is 3. The number of ether oxygens (including phenoxy) is 3. The van der Waals surface area contributed by atoms with E-state index in [1.165, 1.54) is 16.7 Å². The summed E-state index contributed by atoms with van der Waals surface area (Å²) in [5, 5.41) is 5.60. The second-order valence-electron chi connectivity index (χ2n) is 10.7. The molecule has 0 fully saturated rings. The van der Waals surface area contributed by atoms with Crippen LogP contribution in [-0.2, 0) is 24.1 Å². The first-order chi connectivity index (χ1) is 19.0. The van der Waals surface area contributed by atoms with Crippen LogP contribution in [0.1, 0.15) is 47.8 Å². The number of hydrogen-bond acceptors (Lipinski definition) is 6. The average molecular weight is 611 g/mol. The van der Waals surface area contributed by atoms with Crippen LogP contribution in [0.5, 0.6) is 11.5 Å². The number of nitrogens with one attached hydrogen (secondary N) is 2. The summed E-state index contributed by atoms with van der Waals surface area (Å²) in [5.41, 5.74) is 4.48. The summed E-state index contributed by atoms with van der Waals surface area (Å²) >= 11 is 3.41. The number of halogens is 1. The van der Waals surface area contributed by atoms with Crippen molar-refractivity contribution in [3.8, 4) is 11.5 Å². The number of amides is 2. The highest BCUT2D eigenvalue weighted by Gasteiger charge is 2.21. The standard InChI is InChI=1S/C31H36BrN3O5/c1-31(2,3)40-30(37)34-26-11-8-23(32)18-25(26)29(36)33-24-9-6-20(7-10-24)12-14-35-15-13-21-16-27(38-4)28(39-5)17-22(21)19-35/h6-11,16-18H,12-15,19H2,1-5H3,(H,33,36)(H,34,37). The van der Waals surface area contributed by atoms with Crippen molar-refractivity contribution in [2.75, 3.05) is 37.9 Å². The molecular weight excluding hydrogens is 574 g/mol. The molecule has 0 saturated carbocycles. The number of carbonyl (C=O) groups is 2. The van der Waals surface area contributed by atoms with E-state index >= 15 is 0 Å². The van der Waals surface area contributed by atoms with Gasteiger partial charge < -0.3 is 19.5 Å². The Kier molecular flexibility index (Phi) is 9.37. The smallest absolute Gasteiger partial charge is 0.412 e. The number of fused-ring (bicyclic) bond motifs is 1. The summed E-state index contributed by atoms with van der Waals surface area (Å²) in [6.45, 7) is 8.14. The van der Waals surface area contributed by atoms with Crippen molar-refractivity contribution in [1.29, 1.82) is 0 Å². The third kappa shape index (κ3) is 7.76. The van der Waals surface area contributed by atoms with Gasteiger partial charge in [0.1, 0.15) is 5.60 Å².